The SMILES string of the molecule is CCc1ccc(S(=O)(=O)Nc2ccc(Oc3ccc(-n4nc(C)c(C)c4C)nn3)cc2)cc1. The molecule has 0 spiro atoms. The fourth-order valence-electron chi connectivity index (χ4n) is 3.25. The molecule has 0 amide bonds. The van der Waals surface area contributed by atoms with Gasteiger partial charge in [0.2, 0.25) is 5.88 Å². The van der Waals surface area contributed by atoms with E-state index in [1.165, 1.54) is 0 Å². The highest BCUT2D eigenvalue weighted by Gasteiger charge is 2.14. The minimum absolute atomic E-state index is 0.216. The normalized spacial score (nSPS) is 11.4. The van der Waals surface area contributed by atoms with Crippen molar-refractivity contribution in [3.05, 3.63) is 83.2 Å². The summed E-state index contributed by atoms with van der Waals surface area (Å²) in [7, 11) is -3.67. The van der Waals surface area contributed by atoms with Crippen LogP contribution < -0.4 is 9.46 Å². The van der Waals surface area contributed by atoms with Crippen LogP contribution in [0, 0.1) is 20.8 Å². The maximum atomic E-state index is 12.6. The van der Waals surface area contributed by atoms with Gasteiger partial charge in [-0.1, -0.05) is 19.1 Å². The van der Waals surface area contributed by atoms with Crippen LogP contribution in [0.4, 0.5) is 5.69 Å². The molecule has 8 nitrogen and oxygen atoms in total. The molecule has 2 aromatic carbocycles. The van der Waals surface area contributed by atoms with E-state index >= 15 is 0 Å². The predicted molar refractivity (Wildman–Crippen MR) is 127 cm³/mol. The lowest BCUT2D eigenvalue weighted by Gasteiger charge is -2.10. The summed E-state index contributed by atoms with van der Waals surface area (Å²) >= 11 is 0. The predicted octanol–water partition coefficient (Wildman–Crippen LogP) is 4.74. The number of rotatable bonds is 7. The molecule has 4 rings (SSSR count). The number of nitrogens with one attached hydrogen (secondary N) is 1. The summed E-state index contributed by atoms with van der Waals surface area (Å²) in [5.74, 6) is 1.43. The highest BCUT2D eigenvalue weighted by atomic mass is 32.2. The first kappa shape index (κ1) is 22.5. The summed E-state index contributed by atoms with van der Waals surface area (Å²) in [5, 5.41) is 12.8. The molecule has 170 valence electrons. The summed E-state index contributed by atoms with van der Waals surface area (Å²) in [6, 6.07) is 16.9. The molecule has 0 unspecified atom stereocenters. The lowest BCUT2D eigenvalue weighted by atomic mass is 10.2. The maximum Gasteiger partial charge on any atom is 0.261 e. The first-order chi connectivity index (χ1) is 15.8. The second-order valence-corrected chi connectivity index (χ2v) is 9.35. The number of benzene rings is 2. The molecule has 9 heteroatoms. The topological polar surface area (TPSA) is 99.0 Å². The number of hydrogen-bond donors (Lipinski definition) is 1. The molecule has 0 saturated heterocycles. The second-order valence-electron chi connectivity index (χ2n) is 7.67. The van der Waals surface area contributed by atoms with E-state index in [0.29, 0.717) is 23.1 Å². The van der Waals surface area contributed by atoms with Crippen molar-refractivity contribution in [1.29, 1.82) is 0 Å². The zero-order valence-electron chi connectivity index (χ0n) is 18.9. The highest BCUT2D eigenvalue weighted by molar-refractivity contribution is 7.92. The monoisotopic (exact) mass is 463 g/mol. The van der Waals surface area contributed by atoms with Crippen LogP contribution in [0.5, 0.6) is 11.6 Å². The van der Waals surface area contributed by atoms with Crippen LogP contribution in [0.25, 0.3) is 5.82 Å². The Hall–Kier alpha value is -3.72. The zero-order chi connectivity index (χ0) is 23.6. The Labute approximate surface area is 193 Å². The molecular weight excluding hydrogens is 438 g/mol. The van der Waals surface area contributed by atoms with Crippen LogP contribution in [0.1, 0.15) is 29.4 Å². The lowest BCUT2D eigenvalue weighted by Crippen LogP contribution is -2.12. The Balaban J connectivity index is 1.43. The molecule has 1 N–H and O–H groups in total. The van der Waals surface area contributed by atoms with Crippen molar-refractivity contribution in [3.63, 3.8) is 0 Å². The number of sulfonamides is 1. The van der Waals surface area contributed by atoms with Crippen LogP contribution in [-0.2, 0) is 16.4 Å². The fourth-order valence-corrected chi connectivity index (χ4v) is 4.31. The highest BCUT2D eigenvalue weighted by Crippen LogP contribution is 2.24. The number of nitrogens with zero attached hydrogens (tertiary/aromatic N) is 4. The van der Waals surface area contributed by atoms with Gasteiger partial charge in [-0.05, 0) is 80.8 Å². The smallest absolute Gasteiger partial charge is 0.261 e. The van der Waals surface area contributed by atoms with Crippen LogP contribution in [0.15, 0.2) is 65.6 Å². The Bertz CT molecular complexity index is 1360. The van der Waals surface area contributed by atoms with Gasteiger partial charge in [0, 0.05) is 17.4 Å². The fraction of sp³-hybridized carbons (Fsp3) is 0.208. The first-order valence-corrected chi connectivity index (χ1v) is 12.0. The molecule has 0 saturated carbocycles. The quantitative estimate of drug-likeness (QED) is 0.425. The number of aromatic nitrogens is 4. The van der Waals surface area contributed by atoms with Crippen LogP contribution in [-0.4, -0.2) is 28.4 Å². The van der Waals surface area contributed by atoms with E-state index in [1.807, 2.05) is 39.8 Å². The average Bonchev–Trinajstić information content (AvgIpc) is 3.08. The molecule has 0 aliphatic heterocycles. The van der Waals surface area contributed by atoms with E-state index in [4.69, 9.17) is 4.74 Å². The van der Waals surface area contributed by atoms with Crippen molar-refractivity contribution in [2.75, 3.05) is 4.72 Å². The van der Waals surface area contributed by atoms with Gasteiger partial charge in [-0.2, -0.15) is 5.10 Å². The van der Waals surface area contributed by atoms with Crippen molar-refractivity contribution in [2.45, 2.75) is 39.0 Å². The number of ether oxygens (including phenoxy) is 1. The minimum atomic E-state index is -3.67. The lowest BCUT2D eigenvalue weighted by molar-refractivity contribution is 0.454. The number of aryl methyl sites for hydroxylation is 2. The van der Waals surface area contributed by atoms with Gasteiger partial charge in [-0.3, -0.25) is 4.72 Å². The molecule has 0 atom stereocenters. The van der Waals surface area contributed by atoms with Crippen LogP contribution in [0.3, 0.4) is 0 Å². The Morgan fingerprint density at radius 2 is 1.61 bits per heavy atom. The molecule has 0 bridgehead atoms. The van der Waals surface area contributed by atoms with Gasteiger partial charge in [0.25, 0.3) is 10.0 Å². The van der Waals surface area contributed by atoms with Gasteiger partial charge in [0.15, 0.2) is 5.82 Å². The van der Waals surface area contributed by atoms with Crippen LogP contribution in [0.2, 0.25) is 0 Å². The van der Waals surface area contributed by atoms with Crippen molar-refractivity contribution < 1.29 is 13.2 Å². The van der Waals surface area contributed by atoms with Gasteiger partial charge in [-0.25, -0.2) is 13.1 Å². The molecule has 4 aromatic rings. The summed E-state index contributed by atoms with van der Waals surface area (Å²) in [6.07, 6.45) is 0.852. The van der Waals surface area contributed by atoms with E-state index in [9.17, 15) is 8.42 Å². The van der Waals surface area contributed by atoms with E-state index in [-0.39, 0.29) is 4.90 Å². The van der Waals surface area contributed by atoms with E-state index in [2.05, 4.69) is 20.0 Å². The van der Waals surface area contributed by atoms with Gasteiger partial charge in [0.1, 0.15) is 5.75 Å². The molecule has 0 aliphatic rings. The van der Waals surface area contributed by atoms with Gasteiger partial charge >= 0.3 is 0 Å². The molecule has 2 heterocycles. The standard InChI is InChI=1S/C24H25N5O3S/c1-5-19-6-12-22(13-7-19)33(30,31)28-20-8-10-21(11-9-20)32-24-15-14-23(25-26-24)29-18(4)16(2)17(3)27-29/h6-15,28H,5H2,1-4H3. The third kappa shape index (κ3) is 4.88. The first-order valence-electron chi connectivity index (χ1n) is 10.5. The molecule has 0 fully saturated rings. The summed E-state index contributed by atoms with van der Waals surface area (Å²) < 4.78 is 35.3. The summed E-state index contributed by atoms with van der Waals surface area (Å²) in [4.78, 5) is 0.216. The van der Waals surface area contributed by atoms with Crippen molar-refractivity contribution in [1.82, 2.24) is 20.0 Å². The molecular formula is C24H25N5O3S. The van der Waals surface area contributed by atoms with E-state index < -0.39 is 10.0 Å². The van der Waals surface area contributed by atoms with Crippen LogP contribution >= 0.6 is 0 Å². The molecule has 0 aliphatic carbocycles. The minimum Gasteiger partial charge on any atom is -0.438 e. The summed E-state index contributed by atoms with van der Waals surface area (Å²) in [6.45, 7) is 7.98. The third-order valence-electron chi connectivity index (χ3n) is 5.47. The maximum absolute atomic E-state index is 12.6. The second kappa shape index (κ2) is 9.03. The summed E-state index contributed by atoms with van der Waals surface area (Å²) in [5.41, 5.74) is 4.59. The average molecular weight is 464 g/mol. The number of anilines is 1. The van der Waals surface area contributed by atoms with E-state index in [0.717, 1.165) is 28.9 Å². The van der Waals surface area contributed by atoms with Crippen molar-refractivity contribution in [3.8, 4) is 17.4 Å². The third-order valence-corrected chi connectivity index (χ3v) is 6.86. The number of hydrogen-bond acceptors (Lipinski definition) is 6. The Morgan fingerprint density at radius 3 is 2.15 bits per heavy atom. The Kier molecular flexibility index (Phi) is 6.15. The van der Waals surface area contributed by atoms with E-state index in [1.54, 1.807) is 53.2 Å². The van der Waals surface area contributed by atoms with Gasteiger partial charge in [0.05, 0.1) is 10.6 Å². The van der Waals surface area contributed by atoms with Crippen molar-refractivity contribution in [2.24, 2.45) is 0 Å². The Morgan fingerprint density at radius 1 is 0.909 bits per heavy atom. The molecule has 2 aromatic heterocycles. The molecule has 0 radical (unpaired) electrons. The van der Waals surface area contributed by atoms with Gasteiger partial charge in [-0.15, -0.1) is 10.2 Å². The molecule has 33 heavy (non-hydrogen) atoms. The van der Waals surface area contributed by atoms with Crippen molar-refractivity contribution >= 4 is 15.7 Å². The largest absolute Gasteiger partial charge is 0.438 e. The van der Waals surface area contributed by atoms with Gasteiger partial charge < -0.3 is 4.74 Å². The zero-order valence-corrected chi connectivity index (χ0v) is 19.7.